The molecule has 0 amide bonds. The third-order valence-electron chi connectivity index (χ3n) is 2.73. The van der Waals surface area contributed by atoms with Crippen molar-refractivity contribution in [2.75, 3.05) is 0 Å². The van der Waals surface area contributed by atoms with Gasteiger partial charge in [-0.25, -0.2) is 9.97 Å². The molecular formula is C11H17N5. The topological polar surface area (TPSA) is 47.7 Å². The quantitative estimate of drug-likeness (QED) is 0.834. The maximum Gasteiger partial charge on any atom is 0.125 e. The zero-order chi connectivity index (χ0) is 11.5. The number of aryl methyl sites for hydroxylation is 2. The second-order valence-electron chi connectivity index (χ2n) is 3.95. The van der Waals surface area contributed by atoms with Gasteiger partial charge in [0.15, 0.2) is 0 Å². The molecule has 1 unspecified atom stereocenters. The van der Waals surface area contributed by atoms with Crippen molar-refractivity contribution < 1.29 is 0 Å². The molecule has 86 valence electrons. The van der Waals surface area contributed by atoms with Gasteiger partial charge in [0, 0.05) is 38.9 Å². The van der Waals surface area contributed by atoms with E-state index in [4.69, 9.17) is 0 Å². The van der Waals surface area contributed by atoms with E-state index in [0.29, 0.717) is 0 Å². The van der Waals surface area contributed by atoms with E-state index in [1.165, 1.54) is 0 Å². The van der Waals surface area contributed by atoms with Crippen LogP contribution >= 0.6 is 0 Å². The van der Waals surface area contributed by atoms with Gasteiger partial charge < -0.3 is 14.5 Å². The number of imidazole rings is 2. The highest BCUT2D eigenvalue weighted by atomic mass is 15.1. The number of rotatable bonds is 4. The van der Waals surface area contributed by atoms with Crippen LogP contribution in [0.1, 0.15) is 24.6 Å². The van der Waals surface area contributed by atoms with Gasteiger partial charge in [0.1, 0.15) is 11.6 Å². The molecule has 0 fully saturated rings. The Morgan fingerprint density at radius 1 is 1.19 bits per heavy atom. The van der Waals surface area contributed by atoms with Crippen LogP contribution in [0.5, 0.6) is 0 Å². The molecule has 0 aliphatic heterocycles. The molecule has 2 aromatic heterocycles. The van der Waals surface area contributed by atoms with E-state index in [9.17, 15) is 0 Å². The minimum absolute atomic E-state index is 0.219. The fourth-order valence-electron chi connectivity index (χ4n) is 1.70. The lowest BCUT2D eigenvalue weighted by Crippen LogP contribution is -2.22. The monoisotopic (exact) mass is 219 g/mol. The molecular weight excluding hydrogens is 202 g/mol. The predicted octanol–water partition coefficient (Wildman–Crippen LogP) is 1.00. The smallest absolute Gasteiger partial charge is 0.125 e. The van der Waals surface area contributed by atoms with Gasteiger partial charge in [0.2, 0.25) is 0 Å². The first-order chi connectivity index (χ1) is 7.68. The summed E-state index contributed by atoms with van der Waals surface area (Å²) in [6.45, 7) is 2.85. The first-order valence-electron chi connectivity index (χ1n) is 5.35. The van der Waals surface area contributed by atoms with Gasteiger partial charge in [-0.2, -0.15) is 0 Å². The van der Waals surface area contributed by atoms with Gasteiger partial charge >= 0.3 is 0 Å². The molecule has 0 aliphatic rings. The van der Waals surface area contributed by atoms with Crippen molar-refractivity contribution >= 4 is 0 Å². The molecule has 0 bridgehead atoms. The minimum Gasteiger partial charge on any atom is -0.337 e. The van der Waals surface area contributed by atoms with Gasteiger partial charge in [-0.15, -0.1) is 0 Å². The van der Waals surface area contributed by atoms with E-state index >= 15 is 0 Å². The van der Waals surface area contributed by atoms with Crippen LogP contribution in [0.15, 0.2) is 24.8 Å². The van der Waals surface area contributed by atoms with Crippen LogP contribution < -0.4 is 5.32 Å². The second kappa shape index (κ2) is 4.49. The SMILES string of the molecule is CC(NCc1nccn1C)c1nccn1C. The Labute approximate surface area is 95.1 Å². The van der Waals surface area contributed by atoms with Crippen LogP contribution in [0.25, 0.3) is 0 Å². The molecule has 0 radical (unpaired) electrons. The van der Waals surface area contributed by atoms with Gasteiger partial charge in [0.05, 0.1) is 12.6 Å². The van der Waals surface area contributed by atoms with Crippen molar-refractivity contribution in [2.45, 2.75) is 19.5 Å². The summed E-state index contributed by atoms with van der Waals surface area (Å²) in [6.07, 6.45) is 7.52. The van der Waals surface area contributed by atoms with Crippen LogP contribution in [0.2, 0.25) is 0 Å². The normalized spacial score (nSPS) is 12.9. The zero-order valence-corrected chi connectivity index (χ0v) is 9.88. The first-order valence-corrected chi connectivity index (χ1v) is 5.35. The highest BCUT2D eigenvalue weighted by Crippen LogP contribution is 2.09. The summed E-state index contributed by atoms with van der Waals surface area (Å²) in [7, 11) is 4.00. The molecule has 0 spiro atoms. The van der Waals surface area contributed by atoms with Crippen LogP contribution in [-0.2, 0) is 20.6 Å². The summed E-state index contributed by atoms with van der Waals surface area (Å²) in [5, 5.41) is 3.40. The number of nitrogens with one attached hydrogen (secondary N) is 1. The Morgan fingerprint density at radius 2 is 1.88 bits per heavy atom. The van der Waals surface area contributed by atoms with Crippen molar-refractivity contribution in [3.05, 3.63) is 36.4 Å². The molecule has 0 saturated heterocycles. The highest BCUT2D eigenvalue weighted by Gasteiger charge is 2.10. The van der Waals surface area contributed by atoms with Gasteiger partial charge in [0.25, 0.3) is 0 Å². The summed E-state index contributed by atoms with van der Waals surface area (Å²) in [6, 6.07) is 0.219. The Kier molecular flexibility index (Phi) is 3.05. The van der Waals surface area contributed by atoms with E-state index < -0.39 is 0 Å². The maximum absolute atomic E-state index is 4.31. The standard InChI is InChI=1S/C11H17N5/c1-9(11-13-5-7-16(11)3)14-8-10-12-4-6-15(10)2/h4-7,9,14H,8H2,1-3H3. The summed E-state index contributed by atoms with van der Waals surface area (Å²) in [4.78, 5) is 8.58. The molecule has 5 nitrogen and oxygen atoms in total. The Hall–Kier alpha value is -1.62. The maximum atomic E-state index is 4.31. The number of hydrogen-bond acceptors (Lipinski definition) is 3. The lowest BCUT2D eigenvalue weighted by Gasteiger charge is -2.13. The fraction of sp³-hybridized carbons (Fsp3) is 0.455. The van der Waals surface area contributed by atoms with E-state index in [2.05, 4.69) is 22.2 Å². The van der Waals surface area contributed by atoms with Crippen molar-refractivity contribution in [2.24, 2.45) is 14.1 Å². The Bertz CT molecular complexity index is 456. The van der Waals surface area contributed by atoms with Crippen molar-refractivity contribution in [1.29, 1.82) is 0 Å². The van der Waals surface area contributed by atoms with Crippen LogP contribution in [0.4, 0.5) is 0 Å². The predicted molar refractivity (Wildman–Crippen MR) is 61.7 cm³/mol. The first kappa shape index (κ1) is 10.9. The summed E-state index contributed by atoms with van der Waals surface area (Å²) >= 11 is 0. The molecule has 16 heavy (non-hydrogen) atoms. The lowest BCUT2D eigenvalue weighted by atomic mass is 10.3. The zero-order valence-electron chi connectivity index (χ0n) is 9.88. The average Bonchev–Trinajstić information content (AvgIpc) is 2.84. The lowest BCUT2D eigenvalue weighted by molar-refractivity contribution is 0.513. The second-order valence-corrected chi connectivity index (χ2v) is 3.95. The molecule has 0 saturated carbocycles. The van der Waals surface area contributed by atoms with E-state index in [1.54, 1.807) is 0 Å². The van der Waals surface area contributed by atoms with Crippen LogP contribution in [-0.4, -0.2) is 19.1 Å². The highest BCUT2D eigenvalue weighted by molar-refractivity contribution is 4.98. The third-order valence-corrected chi connectivity index (χ3v) is 2.73. The number of aromatic nitrogens is 4. The molecule has 2 heterocycles. The summed E-state index contributed by atoms with van der Waals surface area (Å²) in [5.74, 6) is 2.07. The molecule has 1 N–H and O–H groups in total. The van der Waals surface area contributed by atoms with Crippen molar-refractivity contribution in [3.63, 3.8) is 0 Å². The fourth-order valence-corrected chi connectivity index (χ4v) is 1.70. The molecule has 0 aliphatic carbocycles. The Balaban J connectivity index is 1.97. The molecule has 5 heteroatoms. The summed E-state index contributed by atoms with van der Waals surface area (Å²) in [5.41, 5.74) is 0. The van der Waals surface area contributed by atoms with E-state index in [1.807, 2.05) is 48.0 Å². The largest absolute Gasteiger partial charge is 0.337 e. The molecule has 2 rings (SSSR count). The van der Waals surface area contributed by atoms with Crippen molar-refractivity contribution in [1.82, 2.24) is 24.4 Å². The van der Waals surface area contributed by atoms with E-state index in [0.717, 1.165) is 18.2 Å². The number of nitrogens with zero attached hydrogens (tertiary/aromatic N) is 4. The van der Waals surface area contributed by atoms with Crippen LogP contribution in [0, 0.1) is 0 Å². The van der Waals surface area contributed by atoms with Crippen molar-refractivity contribution in [3.8, 4) is 0 Å². The average molecular weight is 219 g/mol. The summed E-state index contributed by atoms with van der Waals surface area (Å²) < 4.78 is 4.04. The molecule has 2 aromatic rings. The van der Waals surface area contributed by atoms with E-state index in [-0.39, 0.29) is 6.04 Å². The molecule has 1 atom stereocenters. The Morgan fingerprint density at radius 3 is 2.44 bits per heavy atom. The third kappa shape index (κ3) is 2.14. The van der Waals surface area contributed by atoms with Crippen LogP contribution in [0.3, 0.4) is 0 Å². The van der Waals surface area contributed by atoms with Gasteiger partial charge in [-0.1, -0.05) is 0 Å². The molecule has 0 aromatic carbocycles. The number of hydrogen-bond donors (Lipinski definition) is 1. The van der Waals surface area contributed by atoms with Gasteiger partial charge in [-0.3, -0.25) is 0 Å². The minimum atomic E-state index is 0.219. The van der Waals surface area contributed by atoms with Gasteiger partial charge in [-0.05, 0) is 6.92 Å².